The van der Waals surface area contributed by atoms with E-state index in [0.717, 1.165) is 19.4 Å². The van der Waals surface area contributed by atoms with E-state index in [1.165, 1.54) is 12.4 Å². The summed E-state index contributed by atoms with van der Waals surface area (Å²) in [6, 6.07) is 0. The lowest BCUT2D eigenvalue weighted by Gasteiger charge is -2.33. The van der Waals surface area contributed by atoms with Crippen LogP contribution in [0.4, 0.5) is 0 Å². The molecule has 0 bridgehead atoms. The first-order chi connectivity index (χ1) is 9.67. The zero-order valence-corrected chi connectivity index (χ0v) is 11.8. The van der Waals surface area contributed by atoms with Crippen LogP contribution in [0.15, 0.2) is 12.4 Å². The number of hydrogen-bond acceptors (Lipinski definition) is 5. The molecule has 20 heavy (non-hydrogen) atoms. The smallest absolute Gasteiger partial charge is 0.291 e. The molecule has 2 aliphatic heterocycles. The van der Waals surface area contributed by atoms with Gasteiger partial charge < -0.3 is 14.4 Å². The van der Waals surface area contributed by atoms with Crippen LogP contribution in [0.25, 0.3) is 0 Å². The van der Waals surface area contributed by atoms with E-state index in [-0.39, 0.29) is 11.7 Å². The van der Waals surface area contributed by atoms with E-state index in [4.69, 9.17) is 9.47 Å². The first kappa shape index (κ1) is 13.3. The zero-order valence-electron chi connectivity index (χ0n) is 11.8. The average molecular weight is 277 g/mol. The molecule has 2 fully saturated rings. The van der Waals surface area contributed by atoms with Crippen LogP contribution in [0.5, 0.6) is 5.75 Å². The van der Waals surface area contributed by atoms with E-state index in [1.807, 2.05) is 4.90 Å². The van der Waals surface area contributed by atoms with Gasteiger partial charge in [-0.3, -0.25) is 4.79 Å². The lowest BCUT2D eigenvalue weighted by Crippen LogP contribution is -2.44. The largest absolute Gasteiger partial charge is 0.494 e. The van der Waals surface area contributed by atoms with Crippen molar-refractivity contribution in [1.82, 2.24) is 14.9 Å². The standard InChI is InChI=1S/C14H19N3O3/c1-9-5-10-8-17(4-3-12(10)20-9)14(18)13-15-6-11(19-2)7-16-13/h6-7,9-10,12H,3-5,8H2,1-2H3/t9-,10-,12-/m0/s1. The second-order valence-corrected chi connectivity index (χ2v) is 5.47. The molecule has 0 radical (unpaired) electrons. The minimum Gasteiger partial charge on any atom is -0.494 e. The average Bonchev–Trinajstić information content (AvgIpc) is 2.85. The highest BCUT2D eigenvalue weighted by Crippen LogP contribution is 2.32. The number of carbonyl (C=O) groups is 1. The molecule has 1 aromatic rings. The Balaban J connectivity index is 1.68. The van der Waals surface area contributed by atoms with Gasteiger partial charge in [0.05, 0.1) is 31.7 Å². The molecule has 2 aliphatic rings. The van der Waals surface area contributed by atoms with Crippen molar-refractivity contribution < 1.29 is 14.3 Å². The number of methoxy groups -OCH3 is 1. The fourth-order valence-corrected chi connectivity index (χ4v) is 3.05. The lowest BCUT2D eigenvalue weighted by atomic mass is 9.93. The SMILES string of the molecule is COc1cnc(C(=O)N2CC[C@@H]3O[C@@H](C)C[C@H]3C2)nc1. The van der Waals surface area contributed by atoms with Crippen molar-refractivity contribution in [3.05, 3.63) is 18.2 Å². The van der Waals surface area contributed by atoms with Gasteiger partial charge >= 0.3 is 0 Å². The van der Waals surface area contributed by atoms with E-state index in [2.05, 4.69) is 16.9 Å². The maximum Gasteiger partial charge on any atom is 0.291 e. The van der Waals surface area contributed by atoms with Gasteiger partial charge in [-0.1, -0.05) is 0 Å². The summed E-state index contributed by atoms with van der Waals surface area (Å²) >= 11 is 0. The maximum atomic E-state index is 12.4. The van der Waals surface area contributed by atoms with E-state index in [9.17, 15) is 4.79 Å². The van der Waals surface area contributed by atoms with E-state index < -0.39 is 0 Å². The van der Waals surface area contributed by atoms with Crippen LogP contribution in [0.2, 0.25) is 0 Å². The summed E-state index contributed by atoms with van der Waals surface area (Å²) in [7, 11) is 1.55. The Kier molecular flexibility index (Phi) is 3.56. The van der Waals surface area contributed by atoms with Crippen molar-refractivity contribution >= 4 is 5.91 Å². The second kappa shape index (κ2) is 5.36. The summed E-state index contributed by atoms with van der Waals surface area (Å²) in [5.74, 6) is 1.13. The Morgan fingerprint density at radius 2 is 2.20 bits per heavy atom. The zero-order chi connectivity index (χ0) is 14.1. The minimum atomic E-state index is -0.106. The predicted octanol–water partition coefficient (Wildman–Crippen LogP) is 1.12. The molecule has 1 aromatic heterocycles. The Labute approximate surface area is 118 Å². The van der Waals surface area contributed by atoms with Crippen LogP contribution >= 0.6 is 0 Å². The van der Waals surface area contributed by atoms with Crippen LogP contribution in [0.1, 0.15) is 30.4 Å². The molecule has 3 atom stereocenters. The van der Waals surface area contributed by atoms with Crippen LogP contribution < -0.4 is 4.74 Å². The molecule has 6 nitrogen and oxygen atoms in total. The predicted molar refractivity (Wildman–Crippen MR) is 71.5 cm³/mol. The Morgan fingerprint density at radius 1 is 1.45 bits per heavy atom. The number of nitrogens with zero attached hydrogens (tertiary/aromatic N) is 3. The molecule has 2 saturated heterocycles. The molecule has 3 rings (SSSR count). The van der Waals surface area contributed by atoms with Gasteiger partial charge in [-0.15, -0.1) is 0 Å². The van der Waals surface area contributed by atoms with Crippen molar-refractivity contribution in [1.29, 1.82) is 0 Å². The number of amides is 1. The summed E-state index contributed by atoms with van der Waals surface area (Å²) in [5.41, 5.74) is 0. The Morgan fingerprint density at radius 3 is 2.90 bits per heavy atom. The van der Waals surface area contributed by atoms with Crippen molar-refractivity contribution in [2.24, 2.45) is 5.92 Å². The third-order valence-corrected chi connectivity index (χ3v) is 4.05. The number of rotatable bonds is 2. The first-order valence-corrected chi connectivity index (χ1v) is 6.98. The van der Waals surface area contributed by atoms with Crippen molar-refractivity contribution in [2.75, 3.05) is 20.2 Å². The number of ether oxygens (including phenoxy) is 2. The van der Waals surface area contributed by atoms with Crippen LogP contribution in [-0.2, 0) is 4.74 Å². The molecule has 0 spiro atoms. The third-order valence-electron chi connectivity index (χ3n) is 4.05. The third kappa shape index (κ3) is 2.47. The number of likely N-dealkylation sites (tertiary alicyclic amines) is 1. The van der Waals surface area contributed by atoms with Gasteiger partial charge in [0, 0.05) is 19.0 Å². The van der Waals surface area contributed by atoms with Crippen LogP contribution in [-0.4, -0.2) is 53.2 Å². The Hall–Kier alpha value is -1.69. The van der Waals surface area contributed by atoms with E-state index in [0.29, 0.717) is 30.4 Å². The van der Waals surface area contributed by atoms with E-state index >= 15 is 0 Å². The van der Waals surface area contributed by atoms with Crippen molar-refractivity contribution in [3.8, 4) is 5.75 Å². The molecule has 0 N–H and O–H groups in total. The first-order valence-electron chi connectivity index (χ1n) is 6.98. The molecule has 108 valence electrons. The van der Waals surface area contributed by atoms with Gasteiger partial charge in [0.25, 0.3) is 5.91 Å². The van der Waals surface area contributed by atoms with Crippen molar-refractivity contribution in [3.63, 3.8) is 0 Å². The summed E-state index contributed by atoms with van der Waals surface area (Å²) in [6.07, 6.45) is 5.58. The number of hydrogen-bond donors (Lipinski definition) is 0. The topological polar surface area (TPSA) is 64.5 Å². The summed E-state index contributed by atoms with van der Waals surface area (Å²) in [4.78, 5) is 22.4. The second-order valence-electron chi connectivity index (χ2n) is 5.47. The molecule has 1 amide bonds. The highest BCUT2D eigenvalue weighted by molar-refractivity contribution is 5.90. The van der Waals surface area contributed by atoms with Gasteiger partial charge in [-0.2, -0.15) is 0 Å². The highest BCUT2D eigenvalue weighted by atomic mass is 16.5. The quantitative estimate of drug-likeness (QED) is 0.810. The normalized spacial score (nSPS) is 29.1. The molecule has 0 unspecified atom stereocenters. The van der Waals surface area contributed by atoms with Crippen molar-refractivity contribution in [2.45, 2.75) is 32.0 Å². The molecule has 0 aliphatic carbocycles. The fourth-order valence-electron chi connectivity index (χ4n) is 3.05. The minimum absolute atomic E-state index is 0.106. The summed E-state index contributed by atoms with van der Waals surface area (Å²) in [5, 5.41) is 0. The monoisotopic (exact) mass is 277 g/mol. The molecule has 3 heterocycles. The van der Waals surface area contributed by atoms with E-state index in [1.54, 1.807) is 7.11 Å². The molecular weight excluding hydrogens is 258 g/mol. The highest BCUT2D eigenvalue weighted by Gasteiger charge is 2.39. The van der Waals surface area contributed by atoms with Gasteiger partial charge in [-0.05, 0) is 19.8 Å². The Bertz CT molecular complexity index is 491. The number of fused-ring (bicyclic) bond motifs is 1. The fraction of sp³-hybridized carbons (Fsp3) is 0.643. The van der Waals surface area contributed by atoms with Gasteiger partial charge in [0.2, 0.25) is 5.82 Å². The molecular formula is C14H19N3O3. The summed E-state index contributed by atoms with van der Waals surface area (Å²) < 4.78 is 10.8. The lowest BCUT2D eigenvalue weighted by molar-refractivity contribution is 0.00832. The summed E-state index contributed by atoms with van der Waals surface area (Å²) in [6.45, 7) is 3.54. The van der Waals surface area contributed by atoms with Gasteiger partial charge in [-0.25, -0.2) is 9.97 Å². The van der Waals surface area contributed by atoms with Crippen LogP contribution in [0, 0.1) is 5.92 Å². The van der Waals surface area contributed by atoms with Gasteiger partial charge in [0.1, 0.15) is 0 Å². The number of carbonyl (C=O) groups excluding carboxylic acids is 1. The van der Waals surface area contributed by atoms with Crippen LogP contribution in [0.3, 0.4) is 0 Å². The number of piperidine rings is 1. The molecule has 6 heteroatoms. The van der Waals surface area contributed by atoms with Gasteiger partial charge in [0.15, 0.2) is 5.75 Å². The maximum absolute atomic E-state index is 12.4. The molecule has 0 aromatic carbocycles. The number of aromatic nitrogens is 2. The molecule has 0 saturated carbocycles.